The quantitative estimate of drug-likeness (QED) is 0.0199. The molecule has 0 radical (unpaired) electrons. The van der Waals surface area contributed by atoms with Gasteiger partial charge < -0.3 is 14.2 Å². The molecule has 0 aliphatic rings. The van der Waals surface area contributed by atoms with Crippen molar-refractivity contribution in [1.82, 2.24) is 0 Å². The molecular weight excluding hydrogens is 793 g/mol. The Morgan fingerprint density at radius 1 is 0.312 bits per heavy atom. The minimum Gasteiger partial charge on any atom is -0.462 e. The van der Waals surface area contributed by atoms with E-state index in [1.807, 2.05) is 0 Å². The minimum atomic E-state index is -0.778. The molecule has 6 heteroatoms. The number of carbonyl (C=O) groups is 3. The Bertz CT molecular complexity index is 1080. The van der Waals surface area contributed by atoms with Crippen LogP contribution in [0.5, 0.6) is 0 Å². The highest BCUT2D eigenvalue weighted by atomic mass is 16.6. The van der Waals surface area contributed by atoms with Crippen LogP contribution in [0, 0.1) is 0 Å². The molecule has 0 aromatic rings. The largest absolute Gasteiger partial charge is 0.462 e. The molecule has 0 saturated heterocycles. The second-order valence-corrected chi connectivity index (χ2v) is 18.9. The summed E-state index contributed by atoms with van der Waals surface area (Å²) in [5.74, 6) is -0.887. The lowest BCUT2D eigenvalue weighted by Gasteiger charge is -2.18. The van der Waals surface area contributed by atoms with Crippen LogP contribution >= 0.6 is 0 Å². The summed E-state index contributed by atoms with van der Waals surface area (Å²) < 4.78 is 16.8. The summed E-state index contributed by atoms with van der Waals surface area (Å²) >= 11 is 0. The van der Waals surface area contributed by atoms with E-state index < -0.39 is 6.10 Å². The average Bonchev–Trinajstić information content (AvgIpc) is 3.29. The summed E-state index contributed by atoms with van der Waals surface area (Å²) in [5.41, 5.74) is 0. The molecule has 374 valence electrons. The molecule has 6 nitrogen and oxygen atoms in total. The molecule has 0 aromatic carbocycles. The van der Waals surface area contributed by atoms with Gasteiger partial charge in [0.15, 0.2) is 6.10 Å². The van der Waals surface area contributed by atoms with Gasteiger partial charge in [0, 0.05) is 19.3 Å². The van der Waals surface area contributed by atoms with E-state index in [4.69, 9.17) is 14.2 Å². The van der Waals surface area contributed by atoms with Gasteiger partial charge in [0.25, 0.3) is 0 Å². The first-order valence-electron chi connectivity index (χ1n) is 28.0. The fourth-order valence-corrected chi connectivity index (χ4v) is 8.14. The molecule has 0 N–H and O–H groups in total. The second kappa shape index (κ2) is 53.2. The van der Waals surface area contributed by atoms with Gasteiger partial charge in [-0.15, -0.1) is 0 Å². The van der Waals surface area contributed by atoms with Gasteiger partial charge in [0.1, 0.15) is 13.2 Å². The van der Waals surface area contributed by atoms with Crippen molar-refractivity contribution in [3.8, 4) is 0 Å². The SMILES string of the molecule is CCCCCCCCC/C=C\C=C/CCCCCCCC(=O)OC(COC(=O)CCCCCCCCC/C=C\CCCCCCCCCC)COC(=O)CCCCCCCCCCC. The zero-order valence-corrected chi connectivity index (χ0v) is 42.8. The Hall–Kier alpha value is -2.37. The van der Waals surface area contributed by atoms with Gasteiger partial charge in [-0.3, -0.25) is 14.4 Å². The molecule has 0 saturated carbocycles. The molecule has 0 amide bonds. The van der Waals surface area contributed by atoms with Crippen LogP contribution in [0.2, 0.25) is 0 Å². The van der Waals surface area contributed by atoms with Crippen LogP contribution in [0.25, 0.3) is 0 Å². The Kier molecular flexibility index (Phi) is 51.3. The third kappa shape index (κ3) is 50.6. The number of hydrogen-bond acceptors (Lipinski definition) is 6. The smallest absolute Gasteiger partial charge is 0.306 e. The first-order valence-corrected chi connectivity index (χ1v) is 28.0. The summed E-state index contributed by atoms with van der Waals surface area (Å²) in [5, 5.41) is 0. The molecule has 0 spiro atoms. The molecule has 0 heterocycles. The molecule has 0 aliphatic carbocycles. The van der Waals surface area contributed by atoms with Crippen LogP contribution in [0.3, 0.4) is 0 Å². The molecule has 0 bridgehead atoms. The third-order valence-electron chi connectivity index (χ3n) is 12.4. The van der Waals surface area contributed by atoms with Crippen LogP contribution in [-0.4, -0.2) is 37.2 Å². The average molecular weight is 899 g/mol. The predicted octanol–water partition coefficient (Wildman–Crippen LogP) is 18.5. The van der Waals surface area contributed by atoms with Crippen LogP contribution in [0.4, 0.5) is 0 Å². The van der Waals surface area contributed by atoms with Gasteiger partial charge in [-0.25, -0.2) is 0 Å². The highest BCUT2D eigenvalue weighted by Crippen LogP contribution is 2.15. The van der Waals surface area contributed by atoms with Gasteiger partial charge in [-0.05, 0) is 70.6 Å². The van der Waals surface area contributed by atoms with Crippen LogP contribution in [0.1, 0.15) is 297 Å². The van der Waals surface area contributed by atoms with Crippen molar-refractivity contribution < 1.29 is 28.6 Å². The lowest BCUT2D eigenvalue weighted by molar-refractivity contribution is -0.167. The second-order valence-electron chi connectivity index (χ2n) is 18.9. The third-order valence-corrected chi connectivity index (χ3v) is 12.4. The molecule has 0 aromatic heterocycles. The lowest BCUT2D eigenvalue weighted by atomic mass is 10.1. The van der Waals surface area contributed by atoms with Crippen LogP contribution in [0.15, 0.2) is 36.5 Å². The van der Waals surface area contributed by atoms with Crippen molar-refractivity contribution >= 4 is 17.9 Å². The number of unbranched alkanes of at least 4 members (excludes halogenated alkanes) is 35. The van der Waals surface area contributed by atoms with E-state index in [9.17, 15) is 14.4 Å². The minimum absolute atomic E-state index is 0.0772. The van der Waals surface area contributed by atoms with Gasteiger partial charge in [-0.1, -0.05) is 243 Å². The van der Waals surface area contributed by atoms with Crippen molar-refractivity contribution in [1.29, 1.82) is 0 Å². The van der Waals surface area contributed by atoms with E-state index >= 15 is 0 Å². The van der Waals surface area contributed by atoms with Gasteiger partial charge in [0.2, 0.25) is 0 Å². The number of allylic oxidation sites excluding steroid dienone is 6. The number of carbonyl (C=O) groups excluding carboxylic acids is 3. The summed E-state index contributed by atoms with van der Waals surface area (Å²) in [6.45, 7) is 6.63. The fraction of sp³-hybridized carbons (Fsp3) is 0.845. The zero-order valence-electron chi connectivity index (χ0n) is 42.8. The molecular formula is C58H106O6. The topological polar surface area (TPSA) is 78.9 Å². The van der Waals surface area contributed by atoms with Gasteiger partial charge in [-0.2, -0.15) is 0 Å². The Labute approximate surface area is 397 Å². The van der Waals surface area contributed by atoms with Gasteiger partial charge in [0.05, 0.1) is 0 Å². The van der Waals surface area contributed by atoms with E-state index in [0.717, 1.165) is 77.0 Å². The molecule has 1 unspecified atom stereocenters. The summed E-state index contributed by atoms with van der Waals surface area (Å²) in [4.78, 5) is 38.0. The Morgan fingerprint density at radius 3 is 0.875 bits per heavy atom. The Morgan fingerprint density at radius 2 is 0.562 bits per heavy atom. The molecule has 64 heavy (non-hydrogen) atoms. The van der Waals surface area contributed by atoms with Crippen molar-refractivity contribution in [2.45, 2.75) is 303 Å². The van der Waals surface area contributed by atoms with E-state index in [0.29, 0.717) is 19.3 Å². The maximum absolute atomic E-state index is 12.8. The number of hydrogen-bond donors (Lipinski definition) is 0. The number of ether oxygens (including phenoxy) is 3. The highest BCUT2D eigenvalue weighted by Gasteiger charge is 2.19. The standard InChI is InChI=1S/C58H106O6/c1-4-7-10-13-16-19-21-23-25-27-29-31-32-34-36-39-42-45-48-51-57(60)63-54-55(53-62-56(59)50-47-44-41-38-18-15-12-9-6-3)64-58(61)52-49-46-43-40-37-35-33-30-28-26-24-22-20-17-14-11-8-5-2/h26-30,33,55H,4-25,31-32,34-54H2,1-3H3/b28-26-,29-27-,33-30-. The first kappa shape index (κ1) is 61.6. The van der Waals surface area contributed by atoms with Crippen molar-refractivity contribution in [2.24, 2.45) is 0 Å². The fourth-order valence-electron chi connectivity index (χ4n) is 8.14. The lowest BCUT2D eigenvalue weighted by Crippen LogP contribution is -2.30. The molecule has 0 rings (SSSR count). The monoisotopic (exact) mass is 899 g/mol. The van der Waals surface area contributed by atoms with Crippen LogP contribution in [-0.2, 0) is 28.6 Å². The number of esters is 3. The van der Waals surface area contributed by atoms with Crippen molar-refractivity contribution in [2.75, 3.05) is 13.2 Å². The first-order chi connectivity index (χ1) is 31.5. The maximum Gasteiger partial charge on any atom is 0.306 e. The van der Waals surface area contributed by atoms with Crippen molar-refractivity contribution in [3.05, 3.63) is 36.5 Å². The van der Waals surface area contributed by atoms with Crippen molar-refractivity contribution in [3.63, 3.8) is 0 Å². The van der Waals surface area contributed by atoms with Gasteiger partial charge >= 0.3 is 17.9 Å². The highest BCUT2D eigenvalue weighted by molar-refractivity contribution is 5.71. The summed E-state index contributed by atoms with van der Waals surface area (Å²) in [6.07, 6.45) is 62.8. The molecule has 0 fully saturated rings. The zero-order chi connectivity index (χ0) is 46.5. The predicted molar refractivity (Wildman–Crippen MR) is 275 cm³/mol. The van der Waals surface area contributed by atoms with E-state index in [1.54, 1.807) is 0 Å². The maximum atomic E-state index is 12.8. The Balaban J connectivity index is 4.30. The van der Waals surface area contributed by atoms with Crippen LogP contribution < -0.4 is 0 Å². The summed E-state index contributed by atoms with van der Waals surface area (Å²) in [6, 6.07) is 0. The number of rotatable bonds is 51. The van der Waals surface area contributed by atoms with E-state index in [-0.39, 0.29) is 31.1 Å². The molecule has 0 aliphatic heterocycles. The van der Waals surface area contributed by atoms with E-state index in [1.165, 1.54) is 180 Å². The normalized spacial score (nSPS) is 12.2. The van der Waals surface area contributed by atoms with E-state index in [2.05, 4.69) is 57.2 Å². The summed E-state index contributed by atoms with van der Waals surface area (Å²) in [7, 11) is 0. The molecule has 1 atom stereocenters.